The molecule has 0 saturated heterocycles. The third-order valence-electron chi connectivity index (χ3n) is 2.35. The van der Waals surface area contributed by atoms with Crippen LogP contribution in [-0.4, -0.2) is 12.1 Å². The van der Waals surface area contributed by atoms with E-state index in [1.807, 2.05) is 12.1 Å². The lowest BCUT2D eigenvalue weighted by molar-refractivity contribution is 0.411. The highest BCUT2D eigenvalue weighted by Crippen LogP contribution is 2.23. The van der Waals surface area contributed by atoms with Crippen LogP contribution >= 0.6 is 0 Å². The lowest BCUT2D eigenvalue weighted by Crippen LogP contribution is -2.28. The number of aromatic nitrogens is 1. The van der Waals surface area contributed by atoms with Crippen molar-refractivity contribution in [1.82, 2.24) is 10.4 Å². The molecule has 2 heterocycles. The Morgan fingerprint density at radius 3 is 2.94 bits per heavy atom. The SMILES string of the molecule is COc1cncc(C(NN)c2ccoc2)c1. The number of nitrogens with zero attached hydrogens (tertiary/aromatic N) is 1. The fraction of sp³-hybridized carbons (Fsp3) is 0.182. The zero-order chi connectivity index (χ0) is 11.4. The summed E-state index contributed by atoms with van der Waals surface area (Å²) in [4.78, 5) is 4.08. The highest BCUT2D eigenvalue weighted by molar-refractivity contribution is 5.32. The van der Waals surface area contributed by atoms with E-state index in [9.17, 15) is 0 Å². The molecule has 1 atom stereocenters. The van der Waals surface area contributed by atoms with Crippen LogP contribution in [0, 0.1) is 0 Å². The van der Waals surface area contributed by atoms with Crippen LogP contribution in [0.25, 0.3) is 0 Å². The Morgan fingerprint density at radius 2 is 2.31 bits per heavy atom. The Labute approximate surface area is 93.2 Å². The zero-order valence-corrected chi connectivity index (χ0v) is 8.88. The Hall–Kier alpha value is -1.85. The minimum Gasteiger partial charge on any atom is -0.495 e. The van der Waals surface area contributed by atoms with Crippen LogP contribution in [0.5, 0.6) is 5.75 Å². The van der Waals surface area contributed by atoms with E-state index in [2.05, 4.69) is 10.4 Å². The molecule has 0 saturated carbocycles. The molecular weight excluding hydrogens is 206 g/mol. The van der Waals surface area contributed by atoms with E-state index in [0.29, 0.717) is 5.75 Å². The van der Waals surface area contributed by atoms with Gasteiger partial charge in [0.2, 0.25) is 0 Å². The van der Waals surface area contributed by atoms with Crippen molar-refractivity contribution in [2.45, 2.75) is 6.04 Å². The highest BCUT2D eigenvalue weighted by Gasteiger charge is 2.14. The third kappa shape index (κ3) is 2.05. The van der Waals surface area contributed by atoms with E-state index in [-0.39, 0.29) is 6.04 Å². The van der Waals surface area contributed by atoms with Crippen LogP contribution in [0.3, 0.4) is 0 Å². The first-order valence-electron chi connectivity index (χ1n) is 4.82. The summed E-state index contributed by atoms with van der Waals surface area (Å²) in [6, 6.07) is 3.58. The molecule has 0 fully saturated rings. The van der Waals surface area contributed by atoms with E-state index in [1.165, 1.54) is 0 Å². The topological polar surface area (TPSA) is 73.3 Å². The molecule has 0 aromatic carbocycles. The van der Waals surface area contributed by atoms with Gasteiger partial charge in [-0.3, -0.25) is 10.8 Å². The molecule has 0 radical (unpaired) electrons. The van der Waals surface area contributed by atoms with Crippen molar-refractivity contribution >= 4 is 0 Å². The predicted molar refractivity (Wildman–Crippen MR) is 58.7 cm³/mol. The summed E-state index contributed by atoms with van der Waals surface area (Å²) in [6.07, 6.45) is 6.63. The van der Waals surface area contributed by atoms with Crippen molar-refractivity contribution in [3.05, 3.63) is 48.2 Å². The summed E-state index contributed by atoms with van der Waals surface area (Å²) >= 11 is 0. The Balaban J connectivity index is 2.33. The fourth-order valence-electron chi connectivity index (χ4n) is 1.53. The Kier molecular flexibility index (Phi) is 3.19. The smallest absolute Gasteiger partial charge is 0.137 e. The summed E-state index contributed by atoms with van der Waals surface area (Å²) in [5.74, 6) is 6.22. The second-order valence-electron chi connectivity index (χ2n) is 3.31. The van der Waals surface area contributed by atoms with Gasteiger partial charge in [0.05, 0.1) is 31.9 Å². The monoisotopic (exact) mass is 219 g/mol. The van der Waals surface area contributed by atoms with Crippen molar-refractivity contribution in [3.8, 4) is 5.75 Å². The Bertz CT molecular complexity index is 442. The van der Waals surface area contributed by atoms with Gasteiger partial charge < -0.3 is 9.15 Å². The largest absolute Gasteiger partial charge is 0.495 e. The molecule has 2 aromatic heterocycles. The number of ether oxygens (including phenoxy) is 1. The molecule has 2 rings (SSSR count). The van der Waals surface area contributed by atoms with Crippen LogP contribution in [0.4, 0.5) is 0 Å². The number of nitrogens with one attached hydrogen (secondary N) is 1. The van der Waals surface area contributed by atoms with Crippen LogP contribution in [0.2, 0.25) is 0 Å². The average molecular weight is 219 g/mol. The van der Waals surface area contributed by atoms with Crippen molar-refractivity contribution in [1.29, 1.82) is 0 Å². The second kappa shape index (κ2) is 4.78. The fourth-order valence-corrected chi connectivity index (χ4v) is 1.53. The number of nitrogens with two attached hydrogens (primary N) is 1. The Morgan fingerprint density at radius 1 is 1.44 bits per heavy atom. The summed E-state index contributed by atoms with van der Waals surface area (Å²) in [5.41, 5.74) is 4.58. The van der Waals surface area contributed by atoms with Gasteiger partial charge in [-0.15, -0.1) is 0 Å². The quantitative estimate of drug-likeness (QED) is 0.597. The number of rotatable bonds is 4. The van der Waals surface area contributed by atoms with Gasteiger partial charge in [0, 0.05) is 11.8 Å². The van der Waals surface area contributed by atoms with Crippen molar-refractivity contribution < 1.29 is 9.15 Å². The van der Waals surface area contributed by atoms with Crippen LogP contribution < -0.4 is 16.0 Å². The first-order valence-corrected chi connectivity index (χ1v) is 4.82. The lowest BCUT2D eigenvalue weighted by Gasteiger charge is -2.14. The molecule has 0 aliphatic carbocycles. The summed E-state index contributed by atoms with van der Waals surface area (Å²) < 4.78 is 10.1. The van der Waals surface area contributed by atoms with Crippen molar-refractivity contribution in [2.75, 3.05) is 7.11 Å². The lowest BCUT2D eigenvalue weighted by atomic mass is 10.0. The van der Waals surface area contributed by atoms with Gasteiger partial charge in [-0.1, -0.05) is 0 Å². The molecule has 16 heavy (non-hydrogen) atoms. The van der Waals surface area contributed by atoms with Gasteiger partial charge in [-0.2, -0.15) is 0 Å². The molecule has 5 heteroatoms. The third-order valence-corrected chi connectivity index (χ3v) is 2.35. The highest BCUT2D eigenvalue weighted by atomic mass is 16.5. The second-order valence-corrected chi connectivity index (χ2v) is 3.31. The molecule has 0 aliphatic heterocycles. The van der Waals surface area contributed by atoms with Crippen molar-refractivity contribution in [2.24, 2.45) is 5.84 Å². The van der Waals surface area contributed by atoms with E-state index >= 15 is 0 Å². The van der Waals surface area contributed by atoms with Gasteiger partial charge >= 0.3 is 0 Å². The van der Waals surface area contributed by atoms with E-state index < -0.39 is 0 Å². The summed E-state index contributed by atoms with van der Waals surface area (Å²) in [5, 5.41) is 0. The van der Waals surface area contributed by atoms with Crippen LogP contribution in [-0.2, 0) is 0 Å². The standard InChI is InChI=1S/C11H13N3O2/c1-15-10-4-9(5-13-6-10)11(14-12)8-2-3-16-7-8/h2-7,11,14H,12H2,1H3. The van der Waals surface area contributed by atoms with Gasteiger partial charge in [0.25, 0.3) is 0 Å². The predicted octanol–water partition coefficient (Wildman–Crippen LogP) is 1.24. The van der Waals surface area contributed by atoms with E-state index in [0.717, 1.165) is 11.1 Å². The molecule has 3 N–H and O–H groups in total. The maximum atomic E-state index is 5.53. The molecule has 1 unspecified atom stereocenters. The van der Waals surface area contributed by atoms with Crippen molar-refractivity contribution in [3.63, 3.8) is 0 Å². The van der Waals surface area contributed by atoms with E-state index in [1.54, 1.807) is 32.0 Å². The van der Waals surface area contributed by atoms with Crippen LogP contribution in [0.1, 0.15) is 17.2 Å². The zero-order valence-electron chi connectivity index (χ0n) is 8.88. The minimum atomic E-state index is -0.152. The maximum absolute atomic E-state index is 5.53. The molecule has 0 aliphatic rings. The molecule has 2 aromatic rings. The normalized spacial score (nSPS) is 12.4. The number of pyridine rings is 1. The molecule has 84 valence electrons. The van der Waals surface area contributed by atoms with E-state index in [4.69, 9.17) is 15.0 Å². The maximum Gasteiger partial charge on any atom is 0.137 e. The number of hydrogen-bond donors (Lipinski definition) is 2. The van der Waals surface area contributed by atoms with Crippen LogP contribution in [0.15, 0.2) is 41.5 Å². The molecular formula is C11H13N3O2. The van der Waals surface area contributed by atoms with Gasteiger partial charge in [0.1, 0.15) is 5.75 Å². The van der Waals surface area contributed by atoms with Gasteiger partial charge in [0.15, 0.2) is 0 Å². The molecule has 0 spiro atoms. The number of furan rings is 1. The molecule has 5 nitrogen and oxygen atoms in total. The number of methoxy groups -OCH3 is 1. The minimum absolute atomic E-state index is 0.152. The molecule has 0 amide bonds. The number of hydrazine groups is 1. The summed E-state index contributed by atoms with van der Waals surface area (Å²) in [7, 11) is 1.60. The van der Waals surface area contributed by atoms with Gasteiger partial charge in [-0.25, -0.2) is 5.43 Å². The first-order chi connectivity index (χ1) is 7.85. The average Bonchev–Trinajstić information content (AvgIpc) is 2.84. The molecule has 0 bridgehead atoms. The van der Waals surface area contributed by atoms with Gasteiger partial charge in [-0.05, 0) is 17.7 Å². The first kappa shape index (κ1) is 10.7. The summed E-state index contributed by atoms with van der Waals surface area (Å²) in [6.45, 7) is 0. The number of hydrogen-bond acceptors (Lipinski definition) is 5.